The summed E-state index contributed by atoms with van der Waals surface area (Å²) in [4.78, 5) is 23.2. The Balaban J connectivity index is 2.13. The maximum atomic E-state index is 12.1. The van der Waals surface area contributed by atoms with Gasteiger partial charge in [0.2, 0.25) is 5.91 Å². The molecule has 6 heteroatoms. The lowest BCUT2D eigenvalue weighted by molar-refractivity contribution is -0.143. The number of carbonyl (C=O) groups excluding carboxylic acids is 1. The Morgan fingerprint density at radius 2 is 2.05 bits per heavy atom. The molecule has 118 valence electrons. The molecule has 0 spiro atoms. The molecule has 22 heavy (non-hydrogen) atoms. The van der Waals surface area contributed by atoms with Crippen LogP contribution in [0.3, 0.4) is 0 Å². The van der Waals surface area contributed by atoms with E-state index in [4.69, 9.17) is 9.84 Å². The van der Waals surface area contributed by atoms with Crippen molar-refractivity contribution in [3.05, 3.63) is 30.5 Å². The molecule has 0 aliphatic carbocycles. The molecule has 6 nitrogen and oxygen atoms in total. The molecule has 0 aliphatic rings. The summed E-state index contributed by atoms with van der Waals surface area (Å²) >= 11 is 0. The highest BCUT2D eigenvalue weighted by Gasteiger charge is 2.23. The molecular weight excluding hydrogens is 284 g/mol. The lowest BCUT2D eigenvalue weighted by Crippen LogP contribution is -2.45. The number of fused-ring (bicyclic) bond motifs is 1. The number of carboxylic acids is 1. The molecule has 1 heterocycles. The molecule has 0 saturated carbocycles. The molecule has 2 N–H and O–H groups in total. The first kappa shape index (κ1) is 15.9. The highest BCUT2D eigenvalue weighted by Crippen LogP contribution is 2.21. The van der Waals surface area contributed by atoms with Crippen molar-refractivity contribution in [3.8, 4) is 5.75 Å². The van der Waals surface area contributed by atoms with Gasteiger partial charge >= 0.3 is 5.97 Å². The van der Waals surface area contributed by atoms with E-state index in [2.05, 4.69) is 5.32 Å². The van der Waals surface area contributed by atoms with Gasteiger partial charge in [-0.25, -0.2) is 4.79 Å². The minimum Gasteiger partial charge on any atom is -0.497 e. The molecule has 0 unspecified atom stereocenters. The summed E-state index contributed by atoms with van der Waals surface area (Å²) in [5.41, 5.74) is 0.896. The number of carbonyl (C=O) groups is 2. The summed E-state index contributed by atoms with van der Waals surface area (Å²) in [5, 5.41) is 12.6. The van der Waals surface area contributed by atoms with Crippen LogP contribution in [0.2, 0.25) is 0 Å². The summed E-state index contributed by atoms with van der Waals surface area (Å²) in [7, 11) is 1.60. The van der Waals surface area contributed by atoms with Crippen LogP contribution in [0.15, 0.2) is 30.5 Å². The zero-order valence-electron chi connectivity index (χ0n) is 12.9. The Morgan fingerprint density at radius 1 is 1.32 bits per heavy atom. The molecular formula is C16H20N2O4. The van der Waals surface area contributed by atoms with Gasteiger partial charge in [0, 0.05) is 17.1 Å². The number of rotatable bonds is 6. The average molecular weight is 304 g/mol. The molecule has 1 amide bonds. The van der Waals surface area contributed by atoms with Gasteiger partial charge in [0.1, 0.15) is 18.3 Å². The van der Waals surface area contributed by atoms with Gasteiger partial charge in [-0.15, -0.1) is 0 Å². The summed E-state index contributed by atoms with van der Waals surface area (Å²) in [6.45, 7) is 3.60. The Hall–Kier alpha value is -2.50. The fourth-order valence-corrected chi connectivity index (χ4v) is 2.33. The largest absolute Gasteiger partial charge is 0.497 e. The monoisotopic (exact) mass is 304 g/mol. The number of hydrogen-bond acceptors (Lipinski definition) is 3. The first-order valence-corrected chi connectivity index (χ1v) is 7.07. The van der Waals surface area contributed by atoms with Crippen molar-refractivity contribution in [3.63, 3.8) is 0 Å². The fourth-order valence-electron chi connectivity index (χ4n) is 2.33. The van der Waals surface area contributed by atoms with Crippen LogP contribution in [0.1, 0.15) is 13.8 Å². The molecule has 0 aliphatic heterocycles. The Kier molecular flexibility index (Phi) is 4.70. The number of aromatic nitrogens is 1. The quantitative estimate of drug-likeness (QED) is 0.854. The van der Waals surface area contributed by atoms with Crippen molar-refractivity contribution in [2.45, 2.75) is 26.4 Å². The second kappa shape index (κ2) is 6.51. The SMILES string of the molecule is COc1ccc2c(ccn2CC(=O)N[C@H](C(=O)O)C(C)C)c1. The number of ether oxygens (including phenoxy) is 1. The van der Waals surface area contributed by atoms with Crippen molar-refractivity contribution in [2.75, 3.05) is 7.11 Å². The summed E-state index contributed by atoms with van der Waals surface area (Å²) in [5.74, 6) is -0.771. The molecule has 1 atom stereocenters. The summed E-state index contributed by atoms with van der Waals surface area (Å²) < 4.78 is 6.95. The number of methoxy groups -OCH3 is 1. The lowest BCUT2D eigenvalue weighted by Gasteiger charge is -2.18. The number of hydrogen-bond donors (Lipinski definition) is 2. The van der Waals surface area contributed by atoms with E-state index < -0.39 is 12.0 Å². The predicted molar refractivity (Wildman–Crippen MR) is 82.9 cm³/mol. The van der Waals surface area contributed by atoms with Crippen molar-refractivity contribution in [2.24, 2.45) is 5.92 Å². The zero-order valence-corrected chi connectivity index (χ0v) is 12.9. The Morgan fingerprint density at radius 3 is 2.64 bits per heavy atom. The second-order valence-corrected chi connectivity index (χ2v) is 5.50. The second-order valence-electron chi connectivity index (χ2n) is 5.50. The van der Waals surface area contributed by atoms with Crippen LogP contribution in [0, 0.1) is 5.92 Å². The van der Waals surface area contributed by atoms with Crippen LogP contribution in [0.5, 0.6) is 5.75 Å². The smallest absolute Gasteiger partial charge is 0.326 e. The van der Waals surface area contributed by atoms with E-state index in [0.29, 0.717) is 0 Å². The topological polar surface area (TPSA) is 80.6 Å². The Bertz CT molecular complexity index is 691. The summed E-state index contributed by atoms with van der Waals surface area (Å²) in [6, 6.07) is 6.60. The Labute approximate surface area is 128 Å². The van der Waals surface area contributed by atoms with Gasteiger partial charge in [0.05, 0.1) is 7.11 Å². The van der Waals surface area contributed by atoms with Crippen LogP contribution < -0.4 is 10.1 Å². The first-order chi connectivity index (χ1) is 10.4. The van der Waals surface area contributed by atoms with Crippen LogP contribution in [0.25, 0.3) is 10.9 Å². The van der Waals surface area contributed by atoms with Crippen molar-refractivity contribution < 1.29 is 19.4 Å². The molecule has 0 saturated heterocycles. The minimum absolute atomic E-state index is 0.0757. The van der Waals surface area contributed by atoms with Gasteiger partial charge in [-0.1, -0.05) is 13.8 Å². The number of nitrogens with one attached hydrogen (secondary N) is 1. The molecule has 0 bridgehead atoms. The first-order valence-electron chi connectivity index (χ1n) is 7.07. The average Bonchev–Trinajstić information content (AvgIpc) is 2.86. The maximum Gasteiger partial charge on any atom is 0.326 e. The molecule has 0 radical (unpaired) electrons. The molecule has 0 fully saturated rings. The van der Waals surface area contributed by atoms with E-state index in [9.17, 15) is 9.59 Å². The number of benzene rings is 1. The van der Waals surface area contributed by atoms with Gasteiger partial charge in [0.15, 0.2) is 0 Å². The van der Waals surface area contributed by atoms with Crippen LogP contribution in [-0.4, -0.2) is 34.7 Å². The number of aliphatic carboxylic acids is 1. The van der Waals surface area contributed by atoms with Crippen molar-refractivity contribution in [1.82, 2.24) is 9.88 Å². The predicted octanol–water partition coefficient (Wildman–Crippen LogP) is 1.88. The van der Waals surface area contributed by atoms with E-state index in [1.807, 2.05) is 24.3 Å². The molecule has 2 aromatic rings. The number of carboxylic acid groups (broad SMARTS) is 1. The maximum absolute atomic E-state index is 12.1. The van der Waals surface area contributed by atoms with Gasteiger partial charge in [-0.2, -0.15) is 0 Å². The number of amides is 1. The summed E-state index contributed by atoms with van der Waals surface area (Å²) in [6.07, 6.45) is 1.80. The third-order valence-electron chi connectivity index (χ3n) is 3.54. The minimum atomic E-state index is -1.02. The van der Waals surface area contributed by atoms with E-state index in [0.717, 1.165) is 16.7 Å². The van der Waals surface area contributed by atoms with Crippen LogP contribution in [0.4, 0.5) is 0 Å². The van der Waals surface area contributed by atoms with Crippen LogP contribution in [-0.2, 0) is 16.1 Å². The highest BCUT2D eigenvalue weighted by atomic mass is 16.5. The van der Waals surface area contributed by atoms with E-state index in [1.165, 1.54) is 0 Å². The third kappa shape index (κ3) is 3.39. The lowest BCUT2D eigenvalue weighted by atomic mass is 10.1. The normalized spacial score (nSPS) is 12.4. The van der Waals surface area contributed by atoms with Gasteiger partial charge in [-0.05, 0) is 30.2 Å². The third-order valence-corrected chi connectivity index (χ3v) is 3.54. The zero-order chi connectivity index (χ0) is 16.3. The van der Waals surface area contributed by atoms with E-state index >= 15 is 0 Å². The van der Waals surface area contributed by atoms with E-state index in [-0.39, 0.29) is 18.4 Å². The number of nitrogens with zero attached hydrogens (tertiary/aromatic N) is 1. The van der Waals surface area contributed by atoms with Gasteiger partial charge in [0.25, 0.3) is 0 Å². The van der Waals surface area contributed by atoms with E-state index in [1.54, 1.807) is 31.7 Å². The van der Waals surface area contributed by atoms with Gasteiger partial charge < -0.3 is 19.7 Å². The molecule has 2 rings (SSSR count). The fraction of sp³-hybridized carbons (Fsp3) is 0.375. The standard InChI is InChI=1S/C16H20N2O4/c1-10(2)15(16(20)21)17-14(19)9-18-7-6-11-8-12(22-3)4-5-13(11)18/h4-8,10,15H,9H2,1-3H3,(H,17,19)(H,20,21)/t15-/m0/s1. The van der Waals surface area contributed by atoms with Gasteiger partial charge in [-0.3, -0.25) is 4.79 Å². The molecule has 1 aromatic carbocycles. The van der Waals surface area contributed by atoms with Crippen molar-refractivity contribution in [1.29, 1.82) is 0 Å². The van der Waals surface area contributed by atoms with Crippen LogP contribution >= 0.6 is 0 Å². The molecule has 1 aromatic heterocycles. The van der Waals surface area contributed by atoms with Crippen molar-refractivity contribution >= 4 is 22.8 Å². The highest BCUT2D eigenvalue weighted by molar-refractivity contribution is 5.86.